The minimum atomic E-state index is -0.168. The number of carbonyl (C=O) groups is 1. The zero-order valence-corrected chi connectivity index (χ0v) is 14.1. The molecule has 112 valence electrons. The van der Waals surface area contributed by atoms with Crippen molar-refractivity contribution in [2.24, 2.45) is 0 Å². The Bertz CT molecular complexity index is 658. The highest BCUT2D eigenvalue weighted by Crippen LogP contribution is 2.41. The average molecular weight is 342 g/mol. The zero-order valence-electron chi connectivity index (χ0n) is 11.7. The maximum absolute atomic E-state index is 11.8. The number of halogens is 1. The van der Waals surface area contributed by atoms with Crippen LogP contribution in [-0.4, -0.2) is 19.2 Å². The van der Waals surface area contributed by atoms with Crippen molar-refractivity contribution in [3.63, 3.8) is 0 Å². The van der Waals surface area contributed by atoms with Gasteiger partial charge in [-0.3, -0.25) is 4.79 Å². The Labute approximate surface area is 137 Å². The van der Waals surface area contributed by atoms with E-state index in [1.807, 2.05) is 30.5 Å². The molecule has 7 heteroatoms. The van der Waals surface area contributed by atoms with Gasteiger partial charge in [-0.2, -0.15) is 0 Å². The Morgan fingerprint density at radius 3 is 2.76 bits per heavy atom. The van der Waals surface area contributed by atoms with Crippen LogP contribution in [0, 0.1) is 0 Å². The Morgan fingerprint density at radius 2 is 2.14 bits per heavy atom. The number of thiophene rings is 1. The van der Waals surface area contributed by atoms with Crippen LogP contribution in [0.5, 0.6) is 0 Å². The first kappa shape index (κ1) is 16.0. The van der Waals surface area contributed by atoms with E-state index < -0.39 is 0 Å². The lowest BCUT2D eigenvalue weighted by Crippen LogP contribution is -2.17. The van der Waals surface area contributed by atoms with Crippen molar-refractivity contribution in [2.75, 3.05) is 24.4 Å². The molecular formula is C14H16ClN3OS2. The number of thioether (sulfide) groups is 1. The molecule has 4 N–H and O–H groups in total. The highest BCUT2D eigenvalue weighted by molar-refractivity contribution is 7.99. The third-order valence-electron chi connectivity index (χ3n) is 2.93. The number of hydrogen-bond acceptors (Lipinski definition) is 5. The van der Waals surface area contributed by atoms with Crippen molar-refractivity contribution in [1.82, 2.24) is 5.32 Å². The van der Waals surface area contributed by atoms with Gasteiger partial charge in [0.2, 0.25) is 0 Å². The molecule has 0 unspecified atom stereocenters. The molecule has 2 rings (SSSR count). The van der Waals surface area contributed by atoms with Crippen LogP contribution in [0.15, 0.2) is 29.2 Å². The molecule has 21 heavy (non-hydrogen) atoms. The third-order valence-corrected chi connectivity index (χ3v) is 5.43. The van der Waals surface area contributed by atoms with Crippen LogP contribution in [0.3, 0.4) is 0 Å². The molecule has 1 aromatic carbocycles. The number of nitrogen functional groups attached to an aromatic ring is 1. The monoisotopic (exact) mass is 341 g/mol. The predicted molar refractivity (Wildman–Crippen MR) is 92.7 cm³/mol. The number of carbonyl (C=O) groups excluding carboxylic acids is 1. The summed E-state index contributed by atoms with van der Waals surface area (Å²) in [6, 6.07) is 7.65. The second kappa shape index (κ2) is 7.06. The quantitative estimate of drug-likeness (QED) is 0.726. The summed E-state index contributed by atoms with van der Waals surface area (Å²) >= 11 is 9.02. The van der Waals surface area contributed by atoms with E-state index >= 15 is 0 Å². The summed E-state index contributed by atoms with van der Waals surface area (Å²) < 4.78 is 0. The summed E-state index contributed by atoms with van der Waals surface area (Å²) in [5.41, 5.74) is 7.57. The summed E-state index contributed by atoms with van der Waals surface area (Å²) in [4.78, 5) is 13.2. The third kappa shape index (κ3) is 3.45. The number of hydrogen-bond donors (Lipinski definition) is 3. The van der Waals surface area contributed by atoms with E-state index in [1.54, 1.807) is 7.05 Å². The van der Waals surface area contributed by atoms with Gasteiger partial charge in [-0.05, 0) is 17.9 Å². The second-order valence-corrected chi connectivity index (χ2v) is 6.48. The lowest BCUT2D eigenvalue weighted by atomic mass is 10.2. The van der Waals surface area contributed by atoms with Crippen LogP contribution >= 0.6 is 34.7 Å². The van der Waals surface area contributed by atoms with Crippen LogP contribution in [0.1, 0.15) is 15.2 Å². The molecule has 0 aliphatic heterocycles. The van der Waals surface area contributed by atoms with E-state index in [1.165, 1.54) is 23.1 Å². The fourth-order valence-corrected chi connectivity index (χ4v) is 4.03. The zero-order chi connectivity index (χ0) is 15.4. The van der Waals surface area contributed by atoms with Gasteiger partial charge in [-0.1, -0.05) is 29.8 Å². The molecular weight excluding hydrogens is 326 g/mol. The van der Waals surface area contributed by atoms with Crippen molar-refractivity contribution in [1.29, 1.82) is 0 Å². The Morgan fingerprint density at radius 1 is 1.43 bits per heavy atom. The first-order valence-electron chi connectivity index (χ1n) is 6.24. The van der Waals surface area contributed by atoms with Gasteiger partial charge in [0.15, 0.2) is 0 Å². The highest BCUT2D eigenvalue weighted by Gasteiger charge is 2.19. The molecule has 0 saturated carbocycles. The number of nitrogens with one attached hydrogen (secondary N) is 2. The Balaban J connectivity index is 2.24. The summed E-state index contributed by atoms with van der Waals surface area (Å²) in [5.74, 6) is -0.168. The van der Waals surface area contributed by atoms with Crippen molar-refractivity contribution in [3.8, 4) is 0 Å². The molecule has 0 radical (unpaired) electrons. The molecule has 0 saturated heterocycles. The van der Waals surface area contributed by atoms with Crippen LogP contribution in [0.25, 0.3) is 0 Å². The standard InChI is InChI=1S/C14H16ClN3OS2/c1-17-13(19)11-10(16)12(20-2)14(21-11)18-7-8-5-3-4-6-9(8)15/h3-6,18H,7,16H2,1-2H3,(H,17,19). The minimum absolute atomic E-state index is 0.168. The maximum Gasteiger partial charge on any atom is 0.263 e. The topological polar surface area (TPSA) is 67.2 Å². The molecule has 2 aromatic rings. The van der Waals surface area contributed by atoms with Gasteiger partial charge in [-0.15, -0.1) is 23.1 Å². The van der Waals surface area contributed by atoms with Crippen LogP contribution in [0.2, 0.25) is 5.02 Å². The van der Waals surface area contributed by atoms with Gasteiger partial charge in [0.25, 0.3) is 5.91 Å². The van der Waals surface area contributed by atoms with Gasteiger partial charge < -0.3 is 16.4 Å². The van der Waals surface area contributed by atoms with Gasteiger partial charge >= 0.3 is 0 Å². The fraction of sp³-hybridized carbons (Fsp3) is 0.214. The van der Waals surface area contributed by atoms with Gasteiger partial charge in [0.05, 0.1) is 10.6 Å². The molecule has 0 bridgehead atoms. The maximum atomic E-state index is 11.8. The van der Waals surface area contributed by atoms with Crippen molar-refractivity contribution >= 4 is 51.3 Å². The SMILES string of the molecule is CNC(=O)c1sc(NCc2ccccc2Cl)c(SC)c1N. The van der Waals surface area contributed by atoms with E-state index in [4.69, 9.17) is 17.3 Å². The smallest absolute Gasteiger partial charge is 0.263 e. The van der Waals surface area contributed by atoms with E-state index in [9.17, 15) is 4.79 Å². The molecule has 1 amide bonds. The lowest BCUT2D eigenvalue weighted by molar-refractivity contribution is 0.0968. The number of benzene rings is 1. The summed E-state index contributed by atoms with van der Waals surface area (Å²) in [7, 11) is 1.59. The van der Waals surface area contributed by atoms with Gasteiger partial charge in [-0.25, -0.2) is 0 Å². The second-order valence-electron chi connectivity index (χ2n) is 4.23. The summed E-state index contributed by atoms with van der Waals surface area (Å²) in [6.45, 7) is 0.584. The lowest BCUT2D eigenvalue weighted by Gasteiger charge is -2.07. The number of anilines is 2. The first-order chi connectivity index (χ1) is 10.1. The van der Waals surface area contributed by atoms with Crippen LogP contribution in [0.4, 0.5) is 10.7 Å². The van der Waals surface area contributed by atoms with Crippen molar-refractivity contribution in [3.05, 3.63) is 39.7 Å². The van der Waals surface area contributed by atoms with Gasteiger partial charge in [0, 0.05) is 18.6 Å². The Hall–Kier alpha value is -1.37. The fourth-order valence-electron chi connectivity index (χ4n) is 1.85. The molecule has 1 aromatic heterocycles. The van der Waals surface area contributed by atoms with Gasteiger partial charge in [0.1, 0.15) is 9.88 Å². The largest absolute Gasteiger partial charge is 0.396 e. The minimum Gasteiger partial charge on any atom is -0.396 e. The average Bonchev–Trinajstić information content (AvgIpc) is 2.81. The first-order valence-corrected chi connectivity index (χ1v) is 8.66. The predicted octanol–water partition coefficient (Wildman–Crippen LogP) is 3.68. The number of rotatable bonds is 5. The van der Waals surface area contributed by atoms with Crippen molar-refractivity contribution < 1.29 is 4.79 Å². The summed E-state index contributed by atoms with van der Waals surface area (Å²) in [5, 5.41) is 7.52. The van der Waals surface area contributed by atoms with E-state index in [0.29, 0.717) is 22.1 Å². The Kier molecular flexibility index (Phi) is 5.39. The molecule has 0 aliphatic carbocycles. The summed E-state index contributed by atoms with van der Waals surface area (Å²) in [6.07, 6.45) is 1.94. The highest BCUT2D eigenvalue weighted by atomic mass is 35.5. The molecule has 0 spiro atoms. The normalized spacial score (nSPS) is 10.4. The van der Waals surface area contributed by atoms with Crippen LogP contribution < -0.4 is 16.4 Å². The van der Waals surface area contributed by atoms with E-state index in [2.05, 4.69) is 10.6 Å². The molecule has 0 aliphatic rings. The number of nitrogens with two attached hydrogens (primary N) is 1. The number of amides is 1. The molecule has 0 fully saturated rings. The molecule has 0 atom stereocenters. The van der Waals surface area contributed by atoms with Crippen molar-refractivity contribution in [2.45, 2.75) is 11.4 Å². The van der Waals surface area contributed by atoms with E-state index in [-0.39, 0.29) is 5.91 Å². The van der Waals surface area contributed by atoms with E-state index in [0.717, 1.165) is 15.5 Å². The van der Waals surface area contributed by atoms with Crippen LogP contribution in [-0.2, 0) is 6.54 Å². The molecule has 1 heterocycles. The molecule has 4 nitrogen and oxygen atoms in total.